The van der Waals surface area contributed by atoms with Crippen LogP contribution in [0, 0.1) is 0 Å². The Balaban J connectivity index is 2.20. The number of benzene rings is 1. The SMILES string of the molecule is O=c1c(/C=N\O)c(Nc2ccccc2)nc2ccccn12. The Bertz CT molecular complexity index is 856. The van der Waals surface area contributed by atoms with Gasteiger partial charge in [-0.3, -0.25) is 9.20 Å². The summed E-state index contributed by atoms with van der Waals surface area (Å²) in [6.07, 6.45) is 2.70. The maximum atomic E-state index is 12.4. The lowest BCUT2D eigenvalue weighted by Crippen LogP contribution is -2.21. The van der Waals surface area contributed by atoms with Crippen molar-refractivity contribution in [1.29, 1.82) is 0 Å². The van der Waals surface area contributed by atoms with Gasteiger partial charge in [-0.15, -0.1) is 0 Å². The van der Waals surface area contributed by atoms with Gasteiger partial charge in [0.25, 0.3) is 5.56 Å². The third kappa shape index (κ3) is 2.46. The zero-order chi connectivity index (χ0) is 14.7. The van der Waals surface area contributed by atoms with Crippen LogP contribution >= 0.6 is 0 Å². The molecule has 21 heavy (non-hydrogen) atoms. The van der Waals surface area contributed by atoms with Crippen LogP contribution in [0.5, 0.6) is 0 Å². The molecule has 0 aliphatic rings. The van der Waals surface area contributed by atoms with E-state index in [0.29, 0.717) is 11.5 Å². The summed E-state index contributed by atoms with van der Waals surface area (Å²) in [6, 6.07) is 14.6. The predicted molar refractivity (Wildman–Crippen MR) is 80.6 cm³/mol. The van der Waals surface area contributed by atoms with Crippen LogP contribution in [0.4, 0.5) is 11.5 Å². The molecule has 0 amide bonds. The monoisotopic (exact) mass is 280 g/mol. The Labute approximate surface area is 120 Å². The number of fused-ring (bicyclic) bond motifs is 1. The number of aromatic nitrogens is 2. The number of hydrogen-bond acceptors (Lipinski definition) is 5. The number of hydrogen-bond donors (Lipinski definition) is 2. The number of oxime groups is 1. The van der Waals surface area contributed by atoms with Crippen molar-refractivity contribution in [2.75, 3.05) is 5.32 Å². The zero-order valence-corrected chi connectivity index (χ0v) is 11.0. The van der Waals surface area contributed by atoms with Gasteiger partial charge in [-0.05, 0) is 24.3 Å². The molecule has 0 fully saturated rings. The van der Waals surface area contributed by atoms with Gasteiger partial charge in [-0.1, -0.05) is 29.4 Å². The first-order valence-electron chi connectivity index (χ1n) is 6.30. The van der Waals surface area contributed by atoms with E-state index in [-0.39, 0.29) is 11.1 Å². The van der Waals surface area contributed by atoms with E-state index in [1.54, 1.807) is 24.4 Å². The number of rotatable bonds is 3. The average Bonchev–Trinajstić information content (AvgIpc) is 2.52. The van der Waals surface area contributed by atoms with Gasteiger partial charge in [0.1, 0.15) is 17.0 Å². The van der Waals surface area contributed by atoms with Gasteiger partial charge < -0.3 is 10.5 Å². The Morgan fingerprint density at radius 3 is 2.67 bits per heavy atom. The molecule has 3 rings (SSSR count). The second-order valence-electron chi connectivity index (χ2n) is 4.34. The van der Waals surface area contributed by atoms with Crippen molar-refractivity contribution in [2.45, 2.75) is 0 Å². The van der Waals surface area contributed by atoms with E-state index >= 15 is 0 Å². The van der Waals surface area contributed by atoms with Gasteiger partial charge in [0.2, 0.25) is 0 Å². The maximum Gasteiger partial charge on any atom is 0.269 e. The lowest BCUT2D eigenvalue weighted by molar-refractivity contribution is 0.322. The highest BCUT2D eigenvalue weighted by Crippen LogP contribution is 2.16. The molecule has 0 bridgehead atoms. The lowest BCUT2D eigenvalue weighted by Gasteiger charge is -2.09. The highest BCUT2D eigenvalue weighted by atomic mass is 16.4. The average molecular weight is 280 g/mol. The largest absolute Gasteiger partial charge is 0.411 e. The van der Waals surface area contributed by atoms with Crippen LogP contribution in [0.25, 0.3) is 5.65 Å². The molecular weight excluding hydrogens is 268 g/mol. The molecule has 6 nitrogen and oxygen atoms in total. The maximum absolute atomic E-state index is 12.4. The smallest absolute Gasteiger partial charge is 0.269 e. The van der Waals surface area contributed by atoms with Crippen molar-refractivity contribution in [3.05, 3.63) is 70.6 Å². The molecule has 104 valence electrons. The van der Waals surface area contributed by atoms with E-state index in [2.05, 4.69) is 15.5 Å². The van der Waals surface area contributed by atoms with Crippen molar-refractivity contribution >= 4 is 23.4 Å². The first kappa shape index (κ1) is 12.9. The first-order valence-corrected chi connectivity index (χ1v) is 6.30. The van der Waals surface area contributed by atoms with Crippen molar-refractivity contribution in [2.24, 2.45) is 5.16 Å². The molecule has 1 aromatic carbocycles. The van der Waals surface area contributed by atoms with E-state index in [1.807, 2.05) is 30.3 Å². The number of pyridine rings is 1. The topological polar surface area (TPSA) is 79.0 Å². The lowest BCUT2D eigenvalue weighted by atomic mass is 10.2. The number of anilines is 2. The van der Waals surface area contributed by atoms with Crippen LogP contribution in [0.15, 0.2) is 64.7 Å². The van der Waals surface area contributed by atoms with E-state index in [9.17, 15) is 4.79 Å². The summed E-state index contributed by atoms with van der Waals surface area (Å²) < 4.78 is 1.40. The third-order valence-corrected chi connectivity index (χ3v) is 2.99. The minimum atomic E-state index is -0.308. The Morgan fingerprint density at radius 2 is 1.90 bits per heavy atom. The summed E-state index contributed by atoms with van der Waals surface area (Å²) in [5, 5.41) is 14.8. The van der Waals surface area contributed by atoms with E-state index < -0.39 is 0 Å². The quantitative estimate of drug-likeness (QED) is 0.438. The molecule has 2 N–H and O–H groups in total. The zero-order valence-electron chi connectivity index (χ0n) is 11.0. The van der Waals surface area contributed by atoms with E-state index in [4.69, 9.17) is 5.21 Å². The van der Waals surface area contributed by atoms with Crippen LogP contribution in [0.2, 0.25) is 0 Å². The summed E-state index contributed by atoms with van der Waals surface area (Å²) in [5.74, 6) is 0.343. The first-order chi connectivity index (χ1) is 10.3. The highest BCUT2D eigenvalue weighted by Gasteiger charge is 2.11. The second-order valence-corrected chi connectivity index (χ2v) is 4.34. The molecule has 2 aromatic heterocycles. The third-order valence-electron chi connectivity index (χ3n) is 2.99. The summed E-state index contributed by atoms with van der Waals surface area (Å²) in [7, 11) is 0. The molecule has 0 saturated carbocycles. The summed E-state index contributed by atoms with van der Waals surface area (Å²) in [6.45, 7) is 0. The van der Waals surface area contributed by atoms with Crippen molar-refractivity contribution in [3.63, 3.8) is 0 Å². The molecule has 2 heterocycles. The molecular formula is C15H12N4O2. The van der Waals surface area contributed by atoms with Crippen LogP contribution in [-0.2, 0) is 0 Å². The molecule has 0 spiro atoms. The van der Waals surface area contributed by atoms with Crippen LogP contribution in [0.1, 0.15) is 5.56 Å². The molecule has 0 radical (unpaired) electrons. The molecule has 0 aliphatic carbocycles. The molecule has 3 aromatic rings. The van der Waals surface area contributed by atoms with Crippen LogP contribution in [0.3, 0.4) is 0 Å². The van der Waals surface area contributed by atoms with E-state index in [1.165, 1.54) is 4.40 Å². The van der Waals surface area contributed by atoms with Crippen molar-refractivity contribution in [1.82, 2.24) is 9.38 Å². The standard InChI is InChI=1S/C15H12N4O2/c20-15-12(10-16-21)14(17-11-6-2-1-3-7-11)18-13-8-4-5-9-19(13)15/h1-10,17,21H/b16-10-. The normalized spacial score (nSPS) is 11.0. The van der Waals surface area contributed by atoms with Gasteiger partial charge in [0.15, 0.2) is 0 Å². The van der Waals surface area contributed by atoms with Gasteiger partial charge >= 0.3 is 0 Å². The molecule has 0 saturated heterocycles. The number of para-hydroxylation sites is 1. The molecule has 0 atom stereocenters. The molecule has 0 aliphatic heterocycles. The summed E-state index contributed by atoms with van der Waals surface area (Å²) >= 11 is 0. The van der Waals surface area contributed by atoms with Gasteiger partial charge in [-0.2, -0.15) is 0 Å². The number of nitrogens with one attached hydrogen (secondary N) is 1. The Kier molecular flexibility index (Phi) is 3.34. The minimum absolute atomic E-state index is 0.185. The summed E-state index contributed by atoms with van der Waals surface area (Å²) in [4.78, 5) is 16.8. The predicted octanol–water partition coefficient (Wildman–Crippen LogP) is 2.25. The van der Waals surface area contributed by atoms with Gasteiger partial charge in [0, 0.05) is 11.9 Å². The number of nitrogens with zero attached hydrogens (tertiary/aromatic N) is 3. The fourth-order valence-corrected chi connectivity index (χ4v) is 2.03. The molecule has 6 heteroatoms. The van der Waals surface area contributed by atoms with Gasteiger partial charge in [0.05, 0.1) is 6.21 Å². The fourth-order valence-electron chi connectivity index (χ4n) is 2.03. The van der Waals surface area contributed by atoms with E-state index in [0.717, 1.165) is 11.9 Å². The van der Waals surface area contributed by atoms with Gasteiger partial charge in [-0.25, -0.2) is 4.98 Å². The Hall–Kier alpha value is -3.15. The minimum Gasteiger partial charge on any atom is -0.411 e. The molecule has 0 unspecified atom stereocenters. The summed E-state index contributed by atoms with van der Waals surface area (Å²) in [5.41, 5.74) is 1.18. The Morgan fingerprint density at radius 1 is 1.14 bits per heavy atom. The van der Waals surface area contributed by atoms with Crippen molar-refractivity contribution in [3.8, 4) is 0 Å². The fraction of sp³-hybridized carbons (Fsp3) is 0. The highest BCUT2D eigenvalue weighted by molar-refractivity contribution is 5.87. The van der Waals surface area contributed by atoms with Crippen LogP contribution in [-0.4, -0.2) is 20.8 Å². The van der Waals surface area contributed by atoms with Crippen molar-refractivity contribution < 1.29 is 5.21 Å². The second kappa shape index (κ2) is 5.46. The van der Waals surface area contributed by atoms with Crippen LogP contribution < -0.4 is 10.9 Å².